The summed E-state index contributed by atoms with van der Waals surface area (Å²) in [4.78, 5) is 21.5. The lowest BCUT2D eigenvalue weighted by atomic mass is 10.0. The molecule has 2 aromatic heterocycles. The lowest BCUT2D eigenvalue weighted by Gasteiger charge is -2.12. The third kappa shape index (κ3) is 3.16. The summed E-state index contributed by atoms with van der Waals surface area (Å²) in [6, 6.07) is 12.5. The third-order valence-electron chi connectivity index (χ3n) is 4.71. The molecule has 0 saturated heterocycles. The van der Waals surface area contributed by atoms with E-state index in [-0.39, 0.29) is 12.0 Å². The lowest BCUT2D eigenvalue weighted by Crippen LogP contribution is -2.34. The summed E-state index contributed by atoms with van der Waals surface area (Å²) in [6.07, 6.45) is 2.28. The molecule has 5 rings (SSSR count). The highest BCUT2D eigenvalue weighted by Gasteiger charge is 2.28. The summed E-state index contributed by atoms with van der Waals surface area (Å²) >= 11 is 3.01. The molecule has 0 saturated carbocycles. The number of hydrogen-bond donors (Lipinski definition) is 1. The maximum atomic E-state index is 12.2. The highest BCUT2D eigenvalue weighted by molar-refractivity contribution is 7.21. The molecule has 0 fully saturated rings. The van der Waals surface area contributed by atoms with Crippen LogP contribution in [0.2, 0.25) is 0 Å². The topological polar surface area (TPSA) is 64.1 Å². The van der Waals surface area contributed by atoms with Crippen LogP contribution in [-0.2, 0) is 6.42 Å². The number of para-hydroxylation sites is 1. The molecule has 5 nitrogen and oxygen atoms in total. The van der Waals surface area contributed by atoms with Crippen molar-refractivity contribution in [3.63, 3.8) is 0 Å². The number of rotatable bonds is 4. The van der Waals surface area contributed by atoms with E-state index in [1.807, 2.05) is 18.2 Å². The van der Waals surface area contributed by atoms with Crippen LogP contribution in [0.1, 0.15) is 20.8 Å². The number of carbonyl (C=O) groups is 1. The van der Waals surface area contributed by atoms with E-state index in [9.17, 15) is 4.79 Å². The highest BCUT2D eigenvalue weighted by Crippen LogP contribution is 2.42. The molecule has 1 atom stereocenters. The van der Waals surface area contributed by atoms with Gasteiger partial charge in [0.05, 0.1) is 34.0 Å². The fourth-order valence-electron chi connectivity index (χ4n) is 3.47. The number of aromatic nitrogens is 2. The molecule has 1 aliphatic rings. The standard InChI is InChI=1S/C21H17N3O2S2/c1-12-6-13-8-14(9-23-20(25)18-10-22-11-27-18)26-19(13)15(7-12)21-24-16-4-2-3-5-17(16)28-21/h2-7,10-11,14H,8-9H2,1H3,(H,23,25). The maximum Gasteiger partial charge on any atom is 0.263 e. The van der Waals surface area contributed by atoms with Gasteiger partial charge in [0.2, 0.25) is 0 Å². The maximum absolute atomic E-state index is 12.2. The van der Waals surface area contributed by atoms with Gasteiger partial charge in [0.1, 0.15) is 21.7 Å². The van der Waals surface area contributed by atoms with Crippen LogP contribution in [0.25, 0.3) is 20.8 Å². The Morgan fingerprint density at radius 2 is 2.21 bits per heavy atom. The highest BCUT2D eigenvalue weighted by atomic mass is 32.1. The summed E-state index contributed by atoms with van der Waals surface area (Å²) in [7, 11) is 0. The van der Waals surface area contributed by atoms with Crippen LogP contribution in [0.4, 0.5) is 0 Å². The molecule has 4 aromatic rings. The Bertz CT molecular complexity index is 1130. The van der Waals surface area contributed by atoms with Gasteiger partial charge in [-0.15, -0.1) is 22.7 Å². The van der Waals surface area contributed by atoms with Crippen molar-refractivity contribution >= 4 is 38.8 Å². The zero-order chi connectivity index (χ0) is 19.1. The molecule has 140 valence electrons. The van der Waals surface area contributed by atoms with E-state index in [2.05, 4.69) is 35.4 Å². The Hall–Kier alpha value is -2.77. The van der Waals surface area contributed by atoms with Crippen LogP contribution >= 0.6 is 22.7 Å². The van der Waals surface area contributed by atoms with Crippen molar-refractivity contribution in [2.45, 2.75) is 19.4 Å². The average Bonchev–Trinajstić information content (AvgIpc) is 3.43. The van der Waals surface area contributed by atoms with Crippen molar-refractivity contribution in [2.75, 3.05) is 6.54 Å². The number of fused-ring (bicyclic) bond motifs is 2. The molecule has 1 unspecified atom stereocenters. The van der Waals surface area contributed by atoms with Gasteiger partial charge >= 0.3 is 0 Å². The zero-order valence-electron chi connectivity index (χ0n) is 15.1. The van der Waals surface area contributed by atoms with Gasteiger partial charge in [-0.05, 0) is 36.2 Å². The van der Waals surface area contributed by atoms with Crippen LogP contribution in [0.3, 0.4) is 0 Å². The number of nitrogens with zero attached hydrogens (tertiary/aromatic N) is 2. The second kappa shape index (κ2) is 7.00. The first-order valence-corrected chi connectivity index (χ1v) is 10.7. The van der Waals surface area contributed by atoms with E-state index >= 15 is 0 Å². The van der Waals surface area contributed by atoms with E-state index in [0.29, 0.717) is 11.4 Å². The number of thiazole rings is 2. The predicted octanol–water partition coefficient (Wildman–Crippen LogP) is 4.46. The summed E-state index contributed by atoms with van der Waals surface area (Å²) in [6.45, 7) is 2.56. The fraction of sp³-hybridized carbons (Fsp3) is 0.190. The summed E-state index contributed by atoms with van der Waals surface area (Å²) in [5.74, 6) is 0.784. The first kappa shape index (κ1) is 17.3. The van der Waals surface area contributed by atoms with E-state index in [1.165, 1.54) is 27.2 Å². The largest absolute Gasteiger partial charge is 0.487 e. The second-order valence-electron chi connectivity index (χ2n) is 6.81. The molecular formula is C21H17N3O2S2. The van der Waals surface area contributed by atoms with Gasteiger partial charge in [-0.1, -0.05) is 18.2 Å². The molecule has 0 bridgehead atoms. The quantitative estimate of drug-likeness (QED) is 0.542. The van der Waals surface area contributed by atoms with Gasteiger partial charge in [-0.2, -0.15) is 0 Å². The SMILES string of the molecule is Cc1cc2c(c(-c3nc4ccccc4s3)c1)OC(CNC(=O)c1cncs1)C2. The van der Waals surface area contributed by atoms with Gasteiger partial charge < -0.3 is 10.1 Å². The Morgan fingerprint density at radius 1 is 1.32 bits per heavy atom. The molecule has 7 heteroatoms. The van der Waals surface area contributed by atoms with Crippen molar-refractivity contribution in [1.29, 1.82) is 0 Å². The monoisotopic (exact) mass is 407 g/mol. The van der Waals surface area contributed by atoms with Crippen LogP contribution in [0.5, 0.6) is 5.75 Å². The number of aryl methyl sites for hydroxylation is 1. The number of ether oxygens (including phenoxy) is 1. The Labute approximate surface area is 170 Å². The molecule has 1 aliphatic heterocycles. The Kier molecular flexibility index (Phi) is 4.33. The smallest absolute Gasteiger partial charge is 0.263 e. The first-order valence-electron chi connectivity index (χ1n) is 9.00. The first-order chi connectivity index (χ1) is 13.7. The zero-order valence-corrected chi connectivity index (χ0v) is 16.8. The molecule has 3 heterocycles. The van der Waals surface area contributed by atoms with E-state index < -0.39 is 0 Å². The summed E-state index contributed by atoms with van der Waals surface area (Å²) in [5.41, 5.74) is 6.05. The summed E-state index contributed by atoms with van der Waals surface area (Å²) < 4.78 is 7.42. The minimum atomic E-state index is -0.107. The fourth-order valence-corrected chi connectivity index (χ4v) is 4.99. The van der Waals surface area contributed by atoms with E-state index in [0.717, 1.165) is 28.3 Å². The van der Waals surface area contributed by atoms with Gasteiger partial charge in [-0.25, -0.2) is 4.98 Å². The Balaban J connectivity index is 1.40. The number of amides is 1. The Morgan fingerprint density at radius 3 is 3.04 bits per heavy atom. The minimum absolute atomic E-state index is 0.0817. The van der Waals surface area contributed by atoms with Gasteiger partial charge in [0.25, 0.3) is 5.91 Å². The molecular weight excluding hydrogens is 390 g/mol. The molecule has 1 N–H and O–H groups in total. The predicted molar refractivity (Wildman–Crippen MR) is 112 cm³/mol. The lowest BCUT2D eigenvalue weighted by molar-refractivity contribution is 0.0937. The van der Waals surface area contributed by atoms with Crippen LogP contribution in [-0.4, -0.2) is 28.5 Å². The normalized spacial score (nSPS) is 15.4. The van der Waals surface area contributed by atoms with Crippen LogP contribution in [0.15, 0.2) is 48.1 Å². The molecule has 0 radical (unpaired) electrons. The van der Waals surface area contributed by atoms with Gasteiger partial charge in [-0.3, -0.25) is 9.78 Å². The van der Waals surface area contributed by atoms with Crippen molar-refractivity contribution in [1.82, 2.24) is 15.3 Å². The number of nitrogens with one attached hydrogen (secondary N) is 1. The third-order valence-corrected chi connectivity index (χ3v) is 6.55. The van der Waals surface area contributed by atoms with Crippen molar-refractivity contribution in [3.8, 4) is 16.3 Å². The molecule has 28 heavy (non-hydrogen) atoms. The van der Waals surface area contributed by atoms with Crippen molar-refractivity contribution < 1.29 is 9.53 Å². The van der Waals surface area contributed by atoms with Crippen molar-refractivity contribution in [3.05, 3.63) is 64.1 Å². The van der Waals surface area contributed by atoms with Crippen LogP contribution in [0, 0.1) is 6.92 Å². The number of carbonyl (C=O) groups excluding carboxylic acids is 1. The van der Waals surface area contributed by atoms with E-state index in [4.69, 9.17) is 9.72 Å². The van der Waals surface area contributed by atoms with Gasteiger partial charge in [0, 0.05) is 6.42 Å². The second-order valence-corrected chi connectivity index (χ2v) is 8.72. The molecule has 0 aliphatic carbocycles. The number of hydrogen-bond acceptors (Lipinski definition) is 6. The number of benzene rings is 2. The summed E-state index contributed by atoms with van der Waals surface area (Å²) in [5, 5.41) is 3.92. The van der Waals surface area contributed by atoms with Crippen LogP contribution < -0.4 is 10.1 Å². The molecule has 0 spiro atoms. The van der Waals surface area contributed by atoms with Crippen molar-refractivity contribution in [2.24, 2.45) is 0 Å². The molecule has 1 amide bonds. The van der Waals surface area contributed by atoms with E-state index in [1.54, 1.807) is 23.0 Å². The minimum Gasteiger partial charge on any atom is -0.487 e. The van der Waals surface area contributed by atoms with Gasteiger partial charge in [0.15, 0.2) is 0 Å². The average molecular weight is 408 g/mol. The molecule has 2 aromatic carbocycles.